The molecule has 172 valence electrons. The number of hydrogen-bond donors (Lipinski definition) is 1. The summed E-state index contributed by atoms with van der Waals surface area (Å²) in [7, 11) is 0. The van der Waals surface area contributed by atoms with E-state index < -0.39 is 6.36 Å². The maximum Gasteiger partial charge on any atom is 0.573 e. The first kappa shape index (κ1) is 21.9. The smallest absolute Gasteiger partial charge is 0.406 e. The fourth-order valence-electron chi connectivity index (χ4n) is 3.85. The topological polar surface area (TPSA) is 64.1 Å². The Kier molecular flexibility index (Phi) is 5.43. The number of aryl methyl sites for hydroxylation is 1. The van der Waals surface area contributed by atoms with Crippen LogP contribution in [0.25, 0.3) is 33.2 Å². The third-order valence-electron chi connectivity index (χ3n) is 5.75. The van der Waals surface area contributed by atoms with Crippen molar-refractivity contribution >= 4 is 16.7 Å². The Balaban J connectivity index is 1.48. The van der Waals surface area contributed by atoms with Gasteiger partial charge in [0, 0.05) is 27.9 Å². The molecule has 0 radical (unpaired) electrons. The second-order valence-corrected chi connectivity index (χ2v) is 8.34. The van der Waals surface area contributed by atoms with Crippen LogP contribution < -0.4 is 10.1 Å². The van der Waals surface area contributed by atoms with Crippen molar-refractivity contribution in [2.45, 2.75) is 32.2 Å². The van der Waals surface area contributed by atoms with Crippen molar-refractivity contribution in [1.29, 1.82) is 0 Å². The molecular formula is C26H20F3N3O2. The molecule has 1 saturated carbocycles. The van der Waals surface area contributed by atoms with Gasteiger partial charge in [-0.15, -0.1) is 18.3 Å². The zero-order valence-corrected chi connectivity index (χ0v) is 18.2. The van der Waals surface area contributed by atoms with E-state index in [-0.39, 0.29) is 17.7 Å². The predicted octanol–water partition coefficient (Wildman–Crippen LogP) is 6.06. The molecule has 0 aliphatic heterocycles. The number of halogens is 3. The lowest BCUT2D eigenvalue weighted by Gasteiger charge is -2.12. The molecule has 3 aromatic carbocycles. The third-order valence-corrected chi connectivity index (χ3v) is 5.75. The number of amides is 1. The molecule has 1 aromatic heterocycles. The molecule has 0 atom stereocenters. The second kappa shape index (κ2) is 8.44. The van der Waals surface area contributed by atoms with Gasteiger partial charge >= 0.3 is 6.36 Å². The number of aromatic nitrogens is 2. The molecule has 1 fully saturated rings. The molecule has 4 aromatic rings. The quantitative estimate of drug-likeness (QED) is 0.391. The van der Waals surface area contributed by atoms with Crippen molar-refractivity contribution < 1.29 is 22.7 Å². The minimum Gasteiger partial charge on any atom is -0.406 e. The summed E-state index contributed by atoms with van der Waals surface area (Å²) in [6.45, 7) is 1.99. The van der Waals surface area contributed by atoms with E-state index in [1.54, 1.807) is 6.20 Å². The molecule has 0 saturated heterocycles. The second-order valence-electron chi connectivity index (χ2n) is 8.34. The van der Waals surface area contributed by atoms with Crippen LogP contribution in [-0.2, 0) is 0 Å². The number of alkyl halides is 3. The van der Waals surface area contributed by atoms with Gasteiger partial charge in [-0.05, 0) is 78.9 Å². The number of fused-ring (bicyclic) bond motifs is 1. The van der Waals surface area contributed by atoms with E-state index in [1.807, 2.05) is 43.3 Å². The molecule has 0 bridgehead atoms. The van der Waals surface area contributed by atoms with Gasteiger partial charge in [-0.25, -0.2) is 0 Å². The highest BCUT2D eigenvalue weighted by molar-refractivity contribution is 5.98. The average molecular weight is 463 g/mol. The normalized spacial score (nSPS) is 13.6. The summed E-state index contributed by atoms with van der Waals surface area (Å²) < 4.78 is 41.3. The van der Waals surface area contributed by atoms with Gasteiger partial charge in [0.2, 0.25) is 0 Å². The SMILES string of the molecule is Cc1ccc(C(=O)NC2CC2)cc1-c1ccc2c(-c3ccc(OC(F)(F)F)cc3)nncc2c1. The van der Waals surface area contributed by atoms with E-state index in [4.69, 9.17) is 0 Å². The van der Waals surface area contributed by atoms with Crippen LogP contribution in [-0.4, -0.2) is 28.5 Å². The summed E-state index contributed by atoms with van der Waals surface area (Å²) in [4.78, 5) is 12.5. The summed E-state index contributed by atoms with van der Waals surface area (Å²) in [6, 6.07) is 17.3. The van der Waals surface area contributed by atoms with Gasteiger partial charge in [0.15, 0.2) is 0 Å². The van der Waals surface area contributed by atoms with E-state index in [0.717, 1.165) is 40.3 Å². The Morgan fingerprint density at radius 2 is 1.74 bits per heavy atom. The first-order valence-electron chi connectivity index (χ1n) is 10.8. The summed E-state index contributed by atoms with van der Waals surface area (Å²) >= 11 is 0. The number of benzene rings is 3. The standard InChI is InChI=1S/C26H20F3N3O2/c1-15-2-3-18(25(33)31-20-7-8-20)13-23(15)17-6-11-22-19(12-17)14-30-32-24(22)16-4-9-21(10-5-16)34-26(27,28)29/h2-6,9-14,20H,7-8H2,1H3,(H,31,33). The molecule has 1 aliphatic carbocycles. The Labute approximate surface area is 193 Å². The Morgan fingerprint density at radius 1 is 1.00 bits per heavy atom. The number of carbonyl (C=O) groups excluding carboxylic acids is 1. The monoisotopic (exact) mass is 463 g/mol. The highest BCUT2D eigenvalue weighted by Crippen LogP contribution is 2.33. The van der Waals surface area contributed by atoms with Crippen molar-refractivity contribution in [3.05, 3.63) is 78.0 Å². The van der Waals surface area contributed by atoms with Crippen molar-refractivity contribution in [3.8, 4) is 28.1 Å². The van der Waals surface area contributed by atoms with E-state index in [2.05, 4.69) is 20.3 Å². The van der Waals surface area contributed by atoms with Crippen molar-refractivity contribution in [3.63, 3.8) is 0 Å². The minimum absolute atomic E-state index is 0.0735. The van der Waals surface area contributed by atoms with E-state index in [0.29, 0.717) is 16.8 Å². The number of ether oxygens (including phenoxy) is 1. The molecule has 8 heteroatoms. The fraction of sp³-hybridized carbons (Fsp3) is 0.192. The summed E-state index contributed by atoms with van der Waals surface area (Å²) in [6.07, 6.45) is -1.05. The molecule has 0 unspecified atom stereocenters. The molecule has 5 nitrogen and oxygen atoms in total. The fourth-order valence-corrected chi connectivity index (χ4v) is 3.85. The summed E-state index contributed by atoms with van der Waals surface area (Å²) in [5, 5.41) is 12.9. The van der Waals surface area contributed by atoms with Crippen LogP contribution >= 0.6 is 0 Å². The van der Waals surface area contributed by atoms with Gasteiger partial charge in [-0.2, -0.15) is 5.10 Å². The van der Waals surface area contributed by atoms with Gasteiger partial charge in [-0.3, -0.25) is 4.79 Å². The number of carbonyl (C=O) groups is 1. The lowest BCUT2D eigenvalue weighted by atomic mass is 9.95. The van der Waals surface area contributed by atoms with Gasteiger partial charge in [0.05, 0.1) is 6.20 Å². The summed E-state index contributed by atoms with van der Waals surface area (Å²) in [5.74, 6) is -0.372. The lowest BCUT2D eigenvalue weighted by Crippen LogP contribution is -2.25. The van der Waals surface area contributed by atoms with E-state index in [9.17, 15) is 18.0 Å². The lowest BCUT2D eigenvalue weighted by molar-refractivity contribution is -0.274. The van der Waals surface area contributed by atoms with Crippen LogP contribution in [0, 0.1) is 6.92 Å². The number of nitrogens with one attached hydrogen (secondary N) is 1. The van der Waals surface area contributed by atoms with E-state index >= 15 is 0 Å². The zero-order valence-electron chi connectivity index (χ0n) is 18.2. The number of rotatable bonds is 5. The van der Waals surface area contributed by atoms with Crippen LogP contribution in [0.1, 0.15) is 28.8 Å². The largest absolute Gasteiger partial charge is 0.573 e. The number of hydrogen-bond acceptors (Lipinski definition) is 4. The van der Waals surface area contributed by atoms with Crippen LogP contribution in [0.15, 0.2) is 66.9 Å². The van der Waals surface area contributed by atoms with Gasteiger partial charge in [0.25, 0.3) is 5.91 Å². The van der Waals surface area contributed by atoms with Crippen LogP contribution in [0.5, 0.6) is 5.75 Å². The molecule has 34 heavy (non-hydrogen) atoms. The van der Waals surface area contributed by atoms with Crippen molar-refractivity contribution in [1.82, 2.24) is 15.5 Å². The van der Waals surface area contributed by atoms with Crippen LogP contribution in [0.4, 0.5) is 13.2 Å². The first-order valence-corrected chi connectivity index (χ1v) is 10.8. The molecule has 1 amide bonds. The Morgan fingerprint density at radius 3 is 2.44 bits per heavy atom. The highest BCUT2D eigenvalue weighted by atomic mass is 19.4. The maximum atomic E-state index is 12.5. The maximum absolute atomic E-state index is 12.5. The third kappa shape index (κ3) is 4.71. The molecule has 1 N–H and O–H groups in total. The Bertz CT molecular complexity index is 1380. The first-order chi connectivity index (χ1) is 16.3. The minimum atomic E-state index is -4.74. The van der Waals surface area contributed by atoms with Gasteiger partial charge < -0.3 is 10.1 Å². The molecule has 1 aliphatic rings. The number of nitrogens with zero attached hydrogens (tertiary/aromatic N) is 2. The summed E-state index contributed by atoms with van der Waals surface area (Å²) in [5.41, 5.74) is 4.69. The average Bonchev–Trinajstić information content (AvgIpc) is 3.62. The zero-order chi connectivity index (χ0) is 23.9. The molecule has 5 rings (SSSR count). The van der Waals surface area contributed by atoms with E-state index in [1.165, 1.54) is 24.3 Å². The highest BCUT2D eigenvalue weighted by Gasteiger charge is 2.31. The van der Waals surface area contributed by atoms with Gasteiger partial charge in [-0.1, -0.05) is 18.2 Å². The van der Waals surface area contributed by atoms with Crippen molar-refractivity contribution in [2.75, 3.05) is 0 Å². The molecule has 0 spiro atoms. The van der Waals surface area contributed by atoms with Crippen molar-refractivity contribution in [2.24, 2.45) is 0 Å². The van der Waals surface area contributed by atoms with Crippen LogP contribution in [0.3, 0.4) is 0 Å². The predicted molar refractivity (Wildman–Crippen MR) is 122 cm³/mol. The molecule has 1 heterocycles. The van der Waals surface area contributed by atoms with Gasteiger partial charge in [0.1, 0.15) is 11.4 Å². The molecular weight excluding hydrogens is 443 g/mol. The van der Waals surface area contributed by atoms with Crippen LogP contribution in [0.2, 0.25) is 0 Å². The Hall–Kier alpha value is -3.94.